The van der Waals surface area contributed by atoms with Gasteiger partial charge < -0.3 is 19.2 Å². The van der Waals surface area contributed by atoms with Gasteiger partial charge >= 0.3 is 0 Å². The van der Waals surface area contributed by atoms with Crippen LogP contribution in [-0.4, -0.2) is 51.6 Å². The van der Waals surface area contributed by atoms with Gasteiger partial charge in [0.1, 0.15) is 0 Å². The van der Waals surface area contributed by atoms with Crippen molar-refractivity contribution in [3.8, 4) is 11.1 Å². The second kappa shape index (κ2) is 10.1. The van der Waals surface area contributed by atoms with E-state index in [1.54, 1.807) is 6.33 Å². The van der Waals surface area contributed by atoms with Crippen LogP contribution in [0.4, 0.5) is 0 Å². The van der Waals surface area contributed by atoms with E-state index < -0.39 is 0 Å². The Morgan fingerprint density at radius 1 is 0.919 bits per heavy atom. The summed E-state index contributed by atoms with van der Waals surface area (Å²) < 4.78 is 7.71. The lowest BCUT2D eigenvalue weighted by Crippen LogP contribution is -2.40. The zero-order chi connectivity index (χ0) is 25.2. The minimum absolute atomic E-state index is 0.0423. The number of nitrogens with one attached hydrogen (secondary N) is 1. The number of aromatic amines is 1. The normalized spacial score (nSPS) is 15.5. The molecule has 1 unspecified atom stereocenters. The molecule has 1 N–H and O–H groups in total. The molecule has 5 aromatic rings. The van der Waals surface area contributed by atoms with Gasteiger partial charge in [0.05, 0.1) is 43.0 Å². The first-order chi connectivity index (χ1) is 18.2. The van der Waals surface area contributed by atoms with E-state index in [2.05, 4.69) is 88.3 Å². The Kier molecular flexibility index (Phi) is 6.33. The third-order valence-corrected chi connectivity index (χ3v) is 7.41. The maximum absolute atomic E-state index is 13.9. The van der Waals surface area contributed by atoms with E-state index in [-0.39, 0.29) is 17.9 Å². The Morgan fingerprint density at radius 2 is 1.68 bits per heavy atom. The average molecular weight is 491 g/mol. The molecule has 6 rings (SSSR count). The summed E-state index contributed by atoms with van der Waals surface area (Å²) in [6.45, 7) is 4.56. The van der Waals surface area contributed by atoms with Gasteiger partial charge in [0, 0.05) is 37.0 Å². The molecule has 1 aliphatic rings. The molecule has 0 radical (unpaired) electrons. The van der Waals surface area contributed by atoms with Gasteiger partial charge in [-0.1, -0.05) is 79.7 Å². The molecular weight excluding hydrogens is 460 g/mol. The van der Waals surface area contributed by atoms with Crippen LogP contribution in [0.1, 0.15) is 40.5 Å². The Bertz CT molecular complexity index is 1500. The van der Waals surface area contributed by atoms with Crippen molar-refractivity contribution in [2.24, 2.45) is 0 Å². The molecule has 1 aliphatic heterocycles. The van der Waals surface area contributed by atoms with Crippen LogP contribution in [0.3, 0.4) is 0 Å². The number of aromatic nitrogens is 3. The Morgan fingerprint density at radius 3 is 2.46 bits per heavy atom. The molecule has 0 saturated carbocycles. The van der Waals surface area contributed by atoms with E-state index in [4.69, 9.17) is 4.74 Å². The Hall–Kier alpha value is -4.16. The minimum atomic E-state index is -0.0649. The van der Waals surface area contributed by atoms with Crippen LogP contribution in [0.15, 0.2) is 97.7 Å². The summed E-state index contributed by atoms with van der Waals surface area (Å²) in [4.78, 5) is 23.5. The third-order valence-electron chi connectivity index (χ3n) is 7.41. The number of hydrogen-bond donors (Lipinski definition) is 1. The summed E-state index contributed by atoms with van der Waals surface area (Å²) in [6, 6.07) is 25.1. The molecule has 1 amide bonds. The monoisotopic (exact) mass is 490 g/mol. The highest BCUT2D eigenvalue weighted by atomic mass is 16.5. The van der Waals surface area contributed by atoms with Crippen LogP contribution >= 0.6 is 0 Å². The molecule has 3 heterocycles. The van der Waals surface area contributed by atoms with Crippen molar-refractivity contribution in [2.75, 3.05) is 26.3 Å². The fourth-order valence-electron chi connectivity index (χ4n) is 5.47. The summed E-state index contributed by atoms with van der Waals surface area (Å²) in [5, 5.41) is 2.29. The highest BCUT2D eigenvalue weighted by Crippen LogP contribution is 2.38. The predicted octanol–water partition coefficient (Wildman–Crippen LogP) is 5.90. The number of imidazole rings is 1. The Balaban J connectivity index is 1.53. The fourth-order valence-corrected chi connectivity index (χ4v) is 5.47. The molecule has 37 heavy (non-hydrogen) atoms. The lowest BCUT2D eigenvalue weighted by atomic mass is 9.91. The van der Waals surface area contributed by atoms with Crippen molar-refractivity contribution in [2.45, 2.75) is 18.9 Å². The van der Waals surface area contributed by atoms with Crippen LogP contribution in [-0.2, 0) is 4.74 Å². The molecule has 0 spiro atoms. The third kappa shape index (κ3) is 4.45. The number of fused-ring (bicyclic) bond motifs is 1. The first-order valence-corrected chi connectivity index (χ1v) is 12.8. The molecule has 2 aromatic heterocycles. The van der Waals surface area contributed by atoms with Gasteiger partial charge in [-0.3, -0.25) is 4.79 Å². The molecule has 6 nitrogen and oxygen atoms in total. The van der Waals surface area contributed by atoms with Crippen molar-refractivity contribution in [3.05, 3.63) is 115 Å². The average Bonchev–Trinajstić information content (AvgIpc) is 3.65. The second-order valence-corrected chi connectivity index (χ2v) is 9.62. The number of benzene rings is 3. The van der Waals surface area contributed by atoms with Crippen molar-refractivity contribution in [3.63, 3.8) is 0 Å². The van der Waals surface area contributed by atoms with Gasteiger partial charge in [-0.25, -0.2) is 4.98 Å². The number of morpholine rings is 1. The van der Waals surface area contributed by atoms with Gasteiger partial charge in [-0.05, 0) is 21.9 Å². The molecule has 186 valence electrons. The molecule has 1 saturated heterocycles. The molecule has 0 aliphatic carbocycles. The minimum Gasteiger partial charge on any atom is -0.378 e. The smallest absolute Gasteiger partial charge is 0.256 e. The van der Waals surface area contributed by atoms with Gasteiger partial charge in [-0.2, -0.15) is 0 Å². The number of carbonyl (C=O) groups excluding carboxylic acids is 1. The van der Waals surface area contributed by atoms with Crippen molar-refractivity contribution in [1.82, 2.24) is 19.4 Å². The summed E-state index contributed by atoms with van der Waals surface area (Å²) in [7, 11) is 0. The number of H-pyrrole nitrogens is 1. The van der Waals surface area contributed by atoms with Crippen LogP contribution < -0.4 is 0 Å². The molecule has 0 bridgehead atoms. The van der Waals surface area contributed by atoms with E-state index >= 15 is 0 Å². The van der Waals surface area contributed by atoms with Crippen LogP contribution in [0.25, 0.3) is 21.9 Å². The summed E-state index contributed by atoms with van der Waals surface area (Å²) in [6.07, 6.45) is 7.76. The van der Waals surface area contributed by atoms with Gasteiger partial charge in [0.25, 0.3) is 5.91 Å². The number of hydrogen-bond acceptors (Lipinski definition) is 3. The van der Waals surface area contributed by atoms with Crippen molar-refractivity contribution < 1.29 is 9.53 Å². The summed E-state index contributed by atoms with van der Waals surface area (Å²) >= 11 is 0. The number of ether oxygens (including phenoxy) is 1. The maximum Gasteiger partial charge on any atom is 0.256 e. The Labute approximate surface area is 216 Å². The first-order valence-electron chi connectivity index (χ1n) is 12.8. The number of amides is 1. The lowest BCUT2D eigenvalue weighted by molar-refractivity contribution is 0.0303. The fraction of sp³-hybridized carbons (Fsp3) is 0.226. The van der Waals surface area contributed by atoms with Crippen LogP contribution in [0, 0.1) is 0 Å². The quantitative estimate of drug-likeness (QED) is 0.322. The molecule has 3 aromatic carbocycles. The number of nitrogens with zero attached hydrogens (tertiary/aromatic N) is 3. The van der Waals surface area contributed by atoms with E-state index in [0.717, 1.165) is 27.6 Å². The van der Waals surface area contributed by atoms with Crippen LogP contribution in [0.2, 0.25) is 0 Å². The summed E-state index contributed by atoms with van der Waals surface area (Å²) in [5.74, 6) is 0.182. The standard InChI is InChI=1S/C31H30N4O2/c1-22(23-8-3-2-4-9-23)30(29-18-32-21-33-29)35-19-27(26-13-7-11-24-10-5-6-12-25(24)26)28(20-35)31(36)34-14-16-37-17-15-34/h2-13,18-22,30H,14-17H2,1H3,(H,32,33)/t22-,30?/m0/s1. The zero-order valence-corrected chi connectivity index (χ0v) is 20.9. The highest BCUT2D eigenvalue weighted by Gasteiger charge is 2.29. The lowest BCUT2D eigenvalue weighted by Gasteiger charge is -2.27. The van der Waals surface area contributed by atoms with Crippen LogP contribution in [0.5, 0.6) is 0 Å². The van der Waals surface area contributed by atoms with Gasteiger partial charge in [0.15, 0.2) is 0 Å². The zero-order valence-electron chi connectivity index (χ0n) is 20.9. The van der Waals surface area contributed by atoms with E-state index in [1.165, 1.54) is 5.56 Å². The van der Waals surface area contributed by atoms with Crippen molar-refractivity contribution >= 4 is 16.7 Å². The second-order valence-electron chi connectivity index (χ2n) is 9.62. The predicted molar refractivity (Wildman–Crippen MR) is 146 cm³/mol. The van der Waals surface area contributed by atoms with E-state index in [1.807, 2.05) is 29.4 Å². The summed E-state index contributed by atoms with van der Waals surface area (Å²) in [5.41, 5.74) is 4.94. The highest BCUT2D eigenvalue weighted by molar-refractivity contribution is 6.06. The number of carbonyl (C=O) groups is 1. The van der Waals surface area contributed by atoms with Gasteiger partial charge in [-0.15, -0.1) is 0 Å². The van der Waals surface area contributed by atoms with E-state index in [9.17, 15) is 4.79 Å². The maximum atomic E-state index is 13.9. The molecular formula is C31H30N4O2. The molecule has 6 heteroatoms. The molecule has 2 atom stereocenters. The largest absolute Gasteiger partial charge is 0.378 e. The van der Waals surface area contributed by atoms with E-state index in [0.29, 0.717) is 31.9 Å². The SMILES string of the molecule is C[C@@H](c1ccccc1)C(c1cnc[nH]1)n1cc(C(=O)N2CCOCC2)c(-c2cccc3ccccc23)c1. The molecule has 1 fully saturated rings. The number of rotatable bonds is 6. The topological polar surface area (TPSA) is 63.2 Å². The first kappa shape index (κ1) is 23.3. The van der Waals surface area contributed by atoms with Crippen molar-refractivity contribution in [1.29, 1.82) is 0 Å². The van der Waals surface area contributed by atoms with Gasteiger partial charge in [0.2, 0.25) is 0 Å².